The van der Waals surface area contributed by atoms with Gasteiger partial charge in [-0.1, -0.05) is 0 Å². The molecule has 0 aromatic rings. The van der Waals surface area contributed by atoms with E-state index in [2.05, 4.69) is 10.3 Å². The predicted molar refractivity (Wildman–Crippen MR) is 40.1 cm³/mol. The molecule has 1 rings (SSSR count). The molecule has 2 nitrogen and oxygen atoms in total. The summed E-state index contributed by atoms with van der Waals surface area (Å²) >= 11 is 0. The van der Waals surface area contributed by atoms with Crippen molar-refractivity contribution in [3.8, 4) is 0 Å². The molecule has 0 saturated heterocycles. The molecule has 0 aromatic carbocycles. The molecule has 0 radical (unpaired) electrons. The van der Waals surface area contributed by atoms with Crippen LogP contribution in [0.5, 0.6) is 0 Å². The highest BCUT2D eigenvalue weighted by Gasteiger charge is 2.19. The third-order valence-electron chi connectivity index (χ3n) is 1.47. The zero-order valence-electron chi connectivity index (χ0n) is 5.93. The van der Waals surface area contributed by atoms with E-state index in [1.54, 1.807) is 0 Å². The van der Waals surface area contributed by atoms with Crippen LogP contribution in [0.2, 0.25) is 0 Å². The van der Waals surface area contributed by atoms with Gasteiger partial charge in [0.1, 0.15) is 0 Å². The average Bonchev–Trinajstić information content (AvgIpc) is 2.63. The summed E-state index contributed by atoms with van der Waals surface area (Å²) in [4.78, 5) is 3.89. The van der Waals surface area contributed by atoms with Gasteiger partial charge in [0.2, 0.25) is 0 Å². The van der Waals surface area contributed by atoms with Crippen LogP contribution in [0.25, 0.3) is 0 Å². The Bertz CT molecular complexity index is 95.1. The predicted octanol–water partition coefficient (Wildman–Crippen LogP) is 0.829. The highest BCUT2D eigenvalue weighted by Crippen LogP contribution is 2.17. The normalized spacial score (nSPS) is 19.2. The van der Waals surface area contributed by atoms with Crippen LogP contribution in [0.3, 0.4) is 0 Å². The first-order valence-corrected chi connectivity index (χ1v) is 3.57. The summed E-state index contributed by atoms with van der Waals surface area (Å²) in [5, 5.41) is 3.40. The van der Waals surface area contributed by atoms with Gasteiger partial charge in [-0.3, -0.25) is 0 Å². The van der Waals surface area contributed by atoms with Crippen LogP contribution in [-0.2, 0) is 0 Å². The number of rotatable bonds is 4. The Hall–Kier alpha value is -0.370. The quantitative estimate of drug-likeness (QED) is 0.438. The number of hydrogen-bond acceptors (Lipinski definition) is 2. The zero-order chi connectivity index (χ0) is 6.53. The highest BCUT2D eigenvalue weighted by molar-refractivity contribution is 5.56. The van der Waals surface area contributed by atoms with Gasteiger partial charge in [0.05, 0.1) is 0 Å². The fourth-order valence-corrected chi connectivity index (χ4v) is 0.769. The summed E-state index contributed by atoms with van der Waals surface area (Å²) in [6.45, 7) is 1.10. The van der Waals surface area contributed by atoms with E-state index in [4.69, 9.17) is 0 Å². The molecule has 52 valence electrons. The van der Waals surface area contributed by atoms with E-state index < -0.39 is 0 Å². The van der Waals surface area contributed by atoms with E-state index in [1.807, 2.05) is 13.3 Å². The summed E-state index contributed by atoms with van der Waals surface area (Å²) in [6, 6.07) is 0.843. The number of nitrogens with zero attached hydrogens (tertiary/aromatic N) is 1. The molecule has 0 heterocycles. The van der Waals surface area contributed by atoms with Crippen molar-refractivity contribution in [2.24, 2.45) is 4.99 Å². The molecular formula is C7H14N2. The Morgan fingerprint density at radius 1 is 1.67 bits per heavy atom. The van der Waals surface area contributed by atoms with Crippen molar-refractivity contribution in [2.75, 3.05) is 13.6 Å². The van der Waals surface area contributed by atoms with Gasteiger partial charge >= 0.3 is 0 Å². The van der Waals surface area contributed by atoms with Gasteiger partial charge in [-0.15, -0.1) is 0 Å². The van der Waals surface area contributed by atoms with E-state index in [-0.39, 0.29) is 0 Å². The summed E-state index contributed by atoms with van der Waals surface area (Å²) in [6.07, 6.45) is 5.79. The summed E-state index contributed by atoms with van der Waals surface area (Å²) < 4.78 is 0. The van der Waals surface area contributed by atoms with Crippen molar-refractivity contribution in [3.63, 3.8) is 0 Å². The smallest absolute Gasteiger partial charge is 0.0273 e. The fraction of sp³-hybridized carbons (Fsp3) is 0.857. The van der Waals surface area contributed by atoms with E-state index in [1.165, 1.54) is 12.8 Å². The Morgan fingerprint density at radius 3 is 3.00 bits per heavy atom. The van der Waals surface area contributed by atoms with Gasteiger partial charge in [0, 0.05) is 19.6 Å². The largest absolute Gasteiger partial charge is 0.314 e. The minimum Gasteiger partial charge on any atom is -0.314 e. The summed E-state index contributed by atoms with van der Waals surface area (Å²) in [7, 11) is 1.82. The minimum absolute atomic E-state index is 0.843. The Kier molecular flexibility index (Phi) is 2.71. The maximum atomic E-state index is 3.89. The first-order chi connectivity index (χ1) is 4.43. The second-order valence-corrected chi connectivity index (χ2v) is 2.46. The molecule has 1 N–H and O–H groups in total. The van der Waals surface area contributed by atoms with Crippen LogP contribution >= 0.6 is 0 Å². The van der Waals surface area contributed by atoms with Crippen LogP contribution in [-0.4, -0.2) is 25.8 Å². The average molecular weight is 126 g/mol. The standard InChI is InChI=1S/C7H14N2/c1-8-5-2-6-9-7-3-4-7/h5,7,9H,2-4,6H2,1H3/b8-5-. The van der Waals surface area contributed by atoms with E-state index in [9.17, 15) is 0 Å². The first-order valence-electron chi connectivity index (χ1n) is 3.57. The number of hydrogen-bond donors (Lipinski definition) is 1. The van der Waals surface area contributed by atoms with Crippen molar-refractivity contribution >= 4 is 6.21 Å². The third-order valence-corrected chi connectivity index (χ3v) is 1.47. The summed E-state index contributed by atoms with van der Waals surface area (Å²) in [5.74, 6) is 0. The molecule has 1 fully saturated rings. The molecule has 0 spiro atoms. The van der Waals surface area contributed by atoms with E-state index in [0.29, 0.717) is 0 Å². The van der Waals surface area contributed by atoms with Crippen molar-refractivity contribution in [1.29, 1.82) is 0 Å². The molecule has 1 aliphatic rings. The molecule has 1 saturated carbocycles. The van der Waals surface area contributed by atoms with Crippen LogP contribution in [0.1, 0.15) is 19.3 Å². The Morgan fingerprint density at radius 2 is 2.44 bits per heavy atom. The molecule has 0 amide bonds. The molecule has 1 aliphatic carbocycles. The van der Waals surface area contributed by atoms with Crippen molar-refractivity contribution in [2.45, 2.75) is 25.3 Å². The van der Waals surface area contributed by atoms with Gasteiger partial charge < -0.3 is 10.3 Å². The molecule has 0 bridgehead atoms. The van der Waals surface area contributed by atoms with Gasteiger partial charge in [0.25, 0.3) is 0 Å². The van der Waals surface area contributed by atoms with Gasteiger partial charge in [-0.25, -0.2) is 0 Å². The Balaban J connectivity index is 1.81. The monoisotopic (exact) mass is 126 g/mol. The molecule has 0 aromatic heterocycles. The van der Waals surface area contributed by atoms with Crippen LogP contribution < -0.4 is 5.32 Å². The van der Waals surface area contributed by atoms with E-state index >= 15 is 0 Å². The van der Waals surface area contributed by atoms with Gasteiger partial charge in [-0.05, 0) is 25.5 Å². The van der Waals surface area contributed by atoms with Gasteiger partial charge in [-0.2, -0.15) is 0 Å². The number of aliphatic imine (C=N–C) groups is 1. The summed E-state index contributed by atoms with van der Waals surface area (Å²) in [5.41, 5.74) is 0. The van der Waals surface area contributed by atoms with Crippen molar-refractivity contribution < 1.29 is 0 Å². The second kappa shape index (κ2) is 3.62. The highest BCUT2D eigenvalue weighted by atomic mass is 14.9. The van der Waals surface area contributed by atoms with Gasteiger partial charge in [0.15, 0.2) is 0 Å². The molecule has 0 atom stereocenters. The molecule has 9 heavy (non-hydrogen) atoms. The number of nitrogens with one attached hydrogen (secondary N) is 1. The fourth-order valence-electron chi connectivity index (χ4n) is 0.769. The SMILES string of the molecule is C/N=C\CCNC1CC1. The minimum atomic E-state index is 0.843. The van der Waals surface area contributed by atoms with Crippen LogP contribution in [0.4, 0.5) is 0 Å². The van der Waals surface area contributed by atoms with E-state index in [0.717, 1.165) is 19.0 Å². The third kappa shape index (κ3) is 3.25. The van der Waals surface area contributed by atoms with Crippen LogP contribution in [0.15, 0.2) is 4.99 Å². The molecule has 0 unspecified atom stereocenters. The molecule has 0 aliphatic heterocycles. The topological polar surface area (TPSA) is 24.4 Å². The Labute approximate surface area is 56.4 Å². The maximum Gasteiger partial charge on any atom is 0.0273 e. The lowest BCUT2D eigenvalue weighted by Crippen LogP contribution is -2.17. The zero-order valence-corrected chi connectivity index (χ0v) is 5.93. The molecule has 2 heteroatoms. The lowest BCUT2D eigenvalue weighted by molar-refractivity contribution is 0.702. The first kappa shape index (κ1) is 6.75. The molecular weight excluding hydrogens is 112 g/mol. The lowest BCUT2D eigenvalue weighted by Gasteiger charge is -1.95. The van der Waals surface area contributed by atoms with Crippen molar-refractivity contribution in [1.82, 2.24) is 5.32 Å². The van der Waals surface area contributed by atoms with Crippen molar-refractivity contribution in [3.05, 3.63) is 0 Å². The lowest BCUT2D eigenvalue weighted by atomic mass is 10.4. The van der Waals surface area contributed by atoms with Crippen LogP contribution in [0, 0.1) is 0 Å². The maximum absolute atomic E-state index is 3.89. The second-order valence-electron chi connectivity index (χ2n) is 2.46.